The number of nitrogens with zero attached hydrogens (tertiary/aromatic N) is 2. The monoisotopic (exact) mass is 526 g/mol. The van der Waals surface area contributed by atoms with E-state index >= 15 is 0 Å². The Hall–Kier alpha value is -2.68. The molecule has 1 aromatic heterocycles. The van der Waals surface area contributed by atoms with Crippen LogP contribution in [0.4, 0.5) is 4.39 Å². The van der Waals surface area contributed by atoms with E-state index in [-0.39, 0.29) is 18.2 Å². The smallest absolute Gasteiger partial charge is 0.303 e. The molecule has 8 heteroatoms. The first-order valence-electron chi connectivity index (χ1n) is 12.9. The highest BCUT2D eigenvalue weighted by Crippen LogP contribution is 2.35. The first kappa shape index (κ1) is 27.4. The second kappa shape index (κ2) is 13.2. The molecule has 198 valence electrons. The number of benzene rings is 2. The lowest BCUT2D eigenvalue weighted by molar-refractivity contribution is -0.137. The summed E-state index contributed by atoms with van der Waals surface area (Å²) in [5.41, 5.74) is 1.67. The number of piperidine rings is 1. The molecular weight excluding hydrogens is 491 g/mol. The molecule has 0 bridgehead atoms. The van der Waals surface area contributed by atoms with Gasteiger partial charge in [-0.25, -0.2) is 4.39 Å². The number of fused-ring (bicyclic) bond motifs is 1. The summed E-state index contributed by atoms with van der Waals surface area (Å²) in [7, 11) is 1.62. The summed E-state index contributed by atoms with van der Waals surface area (Å²) >= 11 is 1.64. The number of thioether (sulfide) groups is 1. The van der Waals surface area contributed by atoms with Gasteiger partial charge in [0.15, 0.2) is 0 Å². The number of hydrogen-bond donors (Lipinski definition) is 2. The minimum atomic E-state index is -0.769. The van der Waals surface area contributed by atoms with Gasteiger partial charge in [-0.1, -0.05) is 6.07 Å². The third-order valence-corrected chi connectivity index (χ3v) is 8.30. The zero-order chi connectivity index (χ0) is 26.2. The van der Waals surface area contributed by atoms with Gasteiger partial charge in [0.05, 0.1) is 18.7 Å². The van der Waals surface area contributed by atoms with Gasteiger partial charge in [0.25, 0.3) is 0 Å². The van der Waals surface area contributed by atoms with Crippen LogP contribution < -0.4 is 4.74 Å². The van der Waals surface area contributed by atoms with E-state index in [2.05, 4.69) is 9.88 Å². The number of halogens is 1. The second-order valence-corrected chi connectivity index (χ2v) is 10.9. The Morgan fingerprint density at radius 1 is 1.22 bits per heavy atom. The Balaban J connectivity index is 1.35. The average molecular weight is 527 g/mol. The number of aliphatic carboxylic acids is 1. The maximum absolute atomic E-state index is 13.4. The van der Waals surface area contributed by atoms with Gasteiger partial charge in [-0.2, -0.15) is 0 Å². The molecule has 2 N–H and O–H groups in total. The van der Waals surface area contributed by atoms with E-state index in [9.17, 15) is 19.4 Å². The molecule has 4 rings (SSSR count). The largest absolute Gasteiger partial charge is 0.497 e. The van der Waals surface area contributed by atoms with Crippen LogP contribution in [0.15, 0.2) is 59.6 Å². The third-order valence-electron chi connectivity index (χ3n) is 7.33. The molecule has 3 atom stereocenters. The highest BCUT2D eigenvalue weighted by atomic mass is 32.2. The SMILES string of the molecule is COc1ccc2nccc([C@@H](O)CCC3CCN(CCSc4cccc(F)c4)CC3CCC(=O)O)c2c1. The number of carboxylic acids is 1. The van der Waals surface area contributed by atoms with E-state index in [0.29, 0.717) is 18.8 Å². The van der Waals surface area contributed by atoms with E-state index in [4.69, 9.17) is 4.74 Å². The Bertz CT molecular complexity index is 1190. The van der Waals surface area contributed by atoms with Gasteiger partial charge >= 0.3 is 5.97 Å². The predicted octanol–water partition coefficient (Wildman–Crippen LogP) is 5.79. The highest BCUT2D eigenvalue weighted by molar-refractivity contribution is 7.99. The topological polar surface area (TPSA) is 82.9 Å². The molecule has 0 amide bonds. The molecule has 1 saturated heterocycles. The number of pyridine rings is 1. The molecule has 3 aromatic rings. The normalized spacial score (nSPS) is 19.1. The quantitative estimate of drug-likeness (QED) is 0.289. The summed E-state index contributed by atoms with van der Waals surface area (Å²) < 4.78 is 18.8. The van der Waals surface area contributed by atoms with Crippen molar-refractivity contribution in [2.24, 2.45) is 11.8 Å². The van der Waals surface area contributed by atoms with Gasteiger partial charge in [0.2, 0.25) is 0 Å². The zero-order valence-electron chi connectivity index (χ0n) is 21.2. The number of rotatable bonds is 12. The van der Waals surface area contributed by atoms with Crippen molar-refractivity contribution in [1.29, 1.82) is 0 Å². The van der Waals surface area contributed by atoms with Gasteiger partial charge in [-0.3, -0.25) is 9.78 Å². The number of likely N-dealkylation sites (tertiary alicyclic amines) is 1. The maximum Gasteiger partial charge on any atom is 0.303 e. The maximum atomic E-state index is 13.4. The molecule has 0 aliphatic carbocycles. The van der Waals surface area contributed by atoms with Crippen molar-refractivity contribution in [1.82, 2.24) is 9.88 Å². The molecule has 6 nitrogen and oxygen atoms in total. The van der Waals surface area contributed by atoms with Crippen LogP contribution >= 0.6 is 11.8 Å². The van der Waals surface area contributed by atoms with Gasteiger partial charge in [0, 0.05) is 41.7 Å². The number of aliphatic hydroxyl groups is 1. The number of aliphatic hydroxyl groups excluding tert-OH is 1. The van der Waals surface area contributed by atoms with Crippen LogP contribution in [0.25, 0.3) is 10.9 Å². The van der Waals surface area contributed by atoms with Gasteiger partial charge in [-0.05, 0) is 92.1 Å². The fraction of sp³-hybridized carbons (Fsp3) is 0.448. The molecular formula is C29H35FN2O4S. The van der Waals surface area contributed by atoms with E-state index in [1.165, 1.54) is 6.07 Å². The molecule has 1 aliphatic rings. The first-order chi connectivity index (χ1) is 17.9. The fourth-order valence-corrected chi connectivity index (χ4v) is 6.27. The predicted molar refractivity (Wildman–Crippen MR) is 145 cm³/mol. The summed E-state index contributed by atoms with van der Waals surface area (Å²) in [6, 6.07) is 14.2. The summed E-state index contributed by atoms with van der Waals surface area (Å²) in [6.07, 6.45) is 4.32. The van der Waals surface area contributed by atoms with Crippen LogP contribution in [-0.4, -0.2) is 58.6 Å². The number of carbonyl (C=O) groups is 1. The lowest BCUT2D eigenvalue weighted by atomic mass is 9.79. The molecule has 0 saturated carbocycles. The summed E-state index contributed by atoms with van der Waals surface area (Å²) in [5.74, 6) is 1.23. The van der Waals surface area contributed by atoms with Gasteiger partial charge in [-0.15, -0.1) is 11.8 Å². The summed E-state index contributed by atoms with van der Waals surface area (Å²) in [5, 5.41) is 21.3. The Morgan fingerprint density at radius 2 is 2.08 bits per heavy atom. The van der Waals surface area contributed by atoms with Crippen molar-refractivity contribution in [2.45, 2.75) is 43.1 Å². The molecule has 0 radical (unpaired) electrons. The van der Waals surface area contributed by atoms with E-state index < -0.39 is 12.1 Å². The molecule has 2 aromatic carbocycles. The number of carboxylic acid groups (broad SMARTS) is 1. The number of hydrogen-bond acceptors (Lipinski definition) is 6. The Kier molecular flexibility index (Phi) is 9.77. The summed E-state index contributed by atoms with van der Waals surface area (Å²) in [4.78, 5) is 19.0. The average Bonchev–Trinajstić information content (AvgIpc) is 2.90. The van der Waals surface area contributed by atoms with E-state index in [0.717, 1.165) is 65.3 Å². The molecule has 1 aliphatic heterocycles. The van der Waals surface area contributed by atoms with Gasteiger partial charge in [0.1, 0.15) is 11.6 Å². The highest BCUT2D eigenvalue weighted by Gasteiger charge is 2.30. The number of methoxy groups -OCH3 is 1. The van der Waals surface area contributed by atoms with Crippen LogP contribution in [0.2, 0.25) is 0 Å². The Morgan fingerprint density at radius 3 is 2.86 bits per heavy atom. The van der Waals surface area contributed by atoms with E-state index in [1.807, 2.05) is 30.3 Å². The van der Waals surface area contributed by atoms with Crippen LogP contribution in [0, 0.1) is 17.7 Å². The molecule has 2 unspecified atom stereocenters. The minimum absolute atomic E-state index is 0.157. The van der Waals surface area contributed by atoms with Crippen molar-refractivity contribution in [3.63, 3.8) is 0 Å². The standard InChI is InChI=1S/C29H35FN2O4S/c1-36-23-7-8-27-26(18-23)25(11-13-31-27)28(33)9-5-20-12-14-32(19-21(20)6-10-29(34)35)15-16-37-24-4-2-3-22(30)17-24/h2-4,7-8,11,13,17-18,20-21,28,33H,5-6,9-10,12,14-16,19H2,1H3,(H,34,35)/t20?,21?,28-/m0/s1. The van der Waals surface area contributed by atoms with Crippen LogP contribution in [0.1, 0.15) is 43.8 Å². The molecule has 1 fully saturated rings. The Labute approximate surface area is 221 Å². The van der Waals surface area contributed by atoms with Crippen molar-refractivity contribution in [3.8, 4) is 5.75 Å². The van der Waals surface area contributed by atoms with Gasteiger partial charge < -0.3 is 19.8 Å². The van der Waals surface area contributed by atoms with Crippen molar-refractivity contribution in [2.75, 3.05) is 32.5 Å². The van der Waals surface area contributed by atoms with E-state index in [1.54, 1.807) is 37.2 Å². The van der Waals surface area contributed by atoms with Crippen LogP contribution in [-0.2, 0) is 4.79 Å². The van der Waals surface area contributed by atoms with Crippen molar-refractivity contribution < 1.29 is 24.1 Å². The van der Waals surface area contributed by atoms with Crippen LogP contribution in [0.5, 0.6) is 5.75 Å². The minimum Gasteiger partial charge on any atom is -0.497 e. The van der Waals surface area contributed by atoms with Crippen molar-refractivity contribution >= 4 is 28.6 Å². The van der Waals surface area contributed by atoms with Crippen LogP contribution in [0.3, 0.4) is 0 Å². The lowest BCUT2D eigenvalue weighted by Gasteiger charge is -2.39. The first-order valence-corrected chi connectivity index (χ1v) is 13.8. The van der Waals surface area contributed by atoms with Crippen molar-refractivity contribution in [3.05, 3.63) is 66.1 Å². The molecule has 37 heavy (non-hydrogen) atoms. The number of ether oxygens (including phenoxy) is 1. The lowest BCUT2D eigenvalue weighted by Crippen LogP contribution is -2.41. The third kappa shape index (κ3) is 7.66. The fourth-order valence-electron chi connectivity index (χ4n) is 5.32. The second-order valence-electron chi connectivity index (χ2n) is 9.72. The molecule has 2 heterocycles. The zero-order valence-corrected chi connectivity index (χ0v) is 22.0. The number of aromatic nitrogens is 1. The summed E-state index contributed by atoms with van der Waals surface area (Å²) in [6.45, 7) is 2.68. The molecule has 0 spiro atoms.